The molecule has 1 aromatic heterocycles. The van der Waals surface area contributed by atoms with Gasteiger partial charge in [0.25, 0.3) is 0 Å². The van der Waals surface area contributed by atoms with E-state index in [9.17, 15) is 4.79 Å². The SMILES string of the molecule is Cc1nc(CN(C)C(=O)C2(C(N)=S)CCC2)cs1. The summed E-state index contributed by atoms with van der Waals surface area (Å²) in [6.45, 7) is 2.48. The zero-order valence-electron chi connectivity index (χ0n) is 10.6. The van der Waals surface area contributed by atoms with Crippen LogP contribution >= 0.6 is 23.6 Å². The summed E-state index contributed by atoms with van der Waals surface area (Å²) in [5, 5.41) is 2.99. The molecule has 1 saturated carbocycles. The molecule has 0 saturated heterocycles. The Balaban J connectivity index is 2.07. The van der Waals surface area contributed by atoms with E-state index in [1.54, 1.807) is 23.3 Å². The number of aromatic nitrogens is 1. The van der Waals surface area contributed by atoms with Crippen molar-refractivity contribution in [3.8, 4) is 0 Å². The van der Waals surface area contributed by atoms with Crippen molar-refractivity contribution < 1.29 is 4.79 Å². The number of nitrogens with zero attached hydrogens (tertiary/aromatic N) is 2. The zero-order chi connectivity index (χ0) is 13.3. The zero-order valence-corrected chi connectivity index (χ0v) is 12.2. The van der Waals surface area contributed by atoms with Gasteiger partial charge in [0.15, 0.2) is 0 Å². The first kappa shape index (κ1) is 13.4. The lowest BCUT2D eigenvalue weighted by Gasteiger charge is -2.41. The fourth-order valence-electron chi connectivity index (χ4n) is 2.26. The summed E-state index contributed by atoms with van der Waals surface area (Å²) >= 11 is 6.65. The third-order valence-corrected chi connectivity index (χ3v) is 4.71. The van der Waals surface area contributed by atoms with Crippen LogP contribution in [0.1, 0.15) is 30.0 Å². The van der Waals surface area contributed by atoms with Crippen molar-refractivity contribution in [1.29, 1.82) is 0 Å². The second-order valence-electron chi connectivity index (χ2n) is 4.82. The molecule has 1 amide bonds. The predicted molar refractivity (Wildman–Crippen MR) is 76.4 cm³/mol. The van der Waals surface area contributed by atoms with Crippen LogP contribution in [0.5, 0.6) is 0 Å². The van der Waals surface area contributed by atoms with Gasteiger partial charge < -0.3 is 10.6 Å². The summed E-state index contributed by atoms with van der Waals surface area (Å²) in [6.07, 6.45) is 2.58. The maximum atomic E-state index is 12.4. The van der Waals surface area contributed by atoms with Crippen LogP contribution in [-0.2, 0) is 11.3 Å². The van der Waals surface area contributed by atoms with Crippen molar-refractivity contribution in [3.05, 3.63) is 16.1 Å². The Morgan fingerprint density at radius 1 is 1.67 bits per heavy atom. The summed E-state index contributed by atoms with van der Waals surface area (Å²) in [5.41, 5.74) is 6.07. The number of amides is 1. The molecule has 2 rings (SSSR count). The number of carbonyl (C=O) groups is 1. The Morgan fingerprint density at radius 3 is 2.72 bits per heavy atom. The predicted octanol–water partition coefficient (Wildman–Crippen LogP) is 1.87. The first-order chi connectivity index (χ1) is 8.45. The normalized spacial score (nSPS) is 17.0. The topological polar surface area (TPSA) is 59.2 Å². The number of rotatable bonds is 4. The maximum absolute atomic E-state index is 12.4. The van der Waals surface area contributed by atoms with Crippen LogP contribution in [0.3, 0.4) is 0 Å². The molecule has 2 N–H and O–H groups in total. The van der Waals surface area contributed by atoms with Gasteiger partial charge in [-0.1, -0.05) is 18.6 Å². The Morgan fingerprint density at radius 2 is 2.33 bits per heavy atom. The molecule has 1 aromatic rings. The second kappa shape index (κ2) is 4.93. The molecule has 0 spiro atoms. The van der Waals surface area contributed by atoms with Gasteiger partial charge in [-0.15, -0.1) is 11.3 Å². The first-order valence-electron chi connectivity index (χ1n) is 5.92. The molecule has 0 unspecified atom stereocenters. The van der Waals surface area contributed by atoms with Crippen molar-refractivity contribution in [3.63, 3.8) is 0 Å². The molecule has 0 radical (unpaired) electrons. The lowest BCUT2D eigenvalue weighted by Crippen LogP contribution is -2.53. The van der Waals surface area contributed by atoms with Crippen molar-refractivity contribution in [2.45, 2.75) is 32.7 Å². The van der Waals surface area contributed by atoms with Crippen molar-refractivity contribution >= 4 is 34.5 Å². The van der Waals surface area contributed by atoms with Gasteiger partial charge in [-0.2, -0.15) is 0 Å². The third kappa shape index (κ3) is 2.27. The molecule has 1 aliphatic carbocycles. The van der Waals surface area contributed by atoms with Gasteiger partial charge >= 0.3 is 0 Å². The number of aryl methyl sites for hydroxylation is 1. The molecule has 1 fully saturated rings. The molecule has 1 aliphatic rings. The van der Waals surface area contributed by atoms with E-state index in [0.717, 1.165) is 30.0 Å². The third-order valence-electron chi connectivity index (χ3n) is 3.50. The fraction of sp³-hybridized carbons (Fsp3) is 0.583. The molecule has 1 heterocycles. The summed E-state index contributed by atoms with van der Waals surface area (Å²) in [5.74, 6) is 0.0342. The van der Waals surface area contributed by atoms with Crippen molar-refractivity contribution in [2.24, 2.45) is 11.1 Å². The van der Waals surface area contributed by atoms with E-state index in [2.05, 4.69) is 4.98 Å². The fourth-order valence-corrected chi connectivity index (χ4v) is 3.15. The molecule has 98 valence electrons. The minimum atomic E-state index is -0.588. The van der Waals surface area contributed by atoms with Crippen molar-refractivity contribution in [1.82, 2.24) is 9.88 Å². The van der Waals surface area contributed by atoms with Gasteiger partial charge in [-0.3, -0.25) is 4.79 Å². The number of carbonyl (C=O) groups excluding carboxylic acids is 1. The minimum absolute atomic E-state index is 0.0342. The molecule has 4 nitrogen and oxygen atoms in total. The van der Waals surface area contributed by atoms with E-state index in [0.29, 0.717) is 11.5 Å². The highest BCUT2D eigenvalue weighted by Gasteiger charge is 2.48. The molecular formula is C12H17N3OS2. The smallest absolute Gasteiger partial charge is 0.235 e. The van der Waals surface area contributed by atoms with Crippen LogP contribution < -0.4 is 5.73 Å². The molecular weight excluding hydrogens is 266 g/mol. The Bertz CT molecular complexity index is 479. The van der Waals surface area contributed by atoms with Gasteiger partial charge in [0.2, 0.25) is 5.91 Å². The highest BCUT2D eigenvalue weighted by Crippen LogP contribution is 2.42. The Hall–Kier alpha value is -1.01. The van der Waals surface area contributed by atoms with Gasteiger partial charge in [0, 0.05) is 12.4 Å². The molecule has 18 heavy (non-hydrogen) atoms. The highest BCUT2D eigenvalue weighted by atomic mass is 32.1. The van der Waals surface area contributed by atoms with E-state index in [-0.39, 0.29) is 5.91 Å². The molecule has 0 aromatic carbocycles. The number of hydrogen-bond donors (Lipinski definition) is 1. The van der Waals surface area contributed by atoms with E-state index in [1.165, 1.54) is 0 Å². The van der Waals surface area contributed by atoms with Crippen LogP contribution in [-0.4, -0.2) is 27.8 Å². The largest absolute Gasteiger partial charge is 0.392 e. The highest BCUT2D eigenvalue weighted by molar-refractivity contribution is 7.80. The summed E-state index contributed by atoms with van der Waals surface area (Å²) in [4.78, 5) is 18.8. The molecule has 6 heteroatoms. The lowest BCUT2D eigenvalue weighted by atomic mass is 9.67. The van der Waals surface area contributed by atoms with E-state index in [1.807, 2.05) is 12.3 Å². The van der Waals surface area contributed by atoms with Gasteiger partial charge in [-0.05, 0) is 19.8 Å². The first-order valence-corrected chi connectivity index (χ1v) is 7.21. The van der Waals surface area contributed by atoms with Crippen molar-refractivity contribution in [2.75, 3.05) is 7.05 Å². The van der Waals surface area contributed by atoms with Crippen LogP contribution in [0.15, 0.2) is 5.38 Å². The molecule has 0 aliphatic heterocycles. The number of thiocarbonyl (C=S) groups is 1. The van der Waals surface area contributed by atoms with Gasteiger partial charge in [0.05, 0.1) is 27.6 Å². The van der Waals surface area contributed by atoms with Gasteiger partial charge in [0.1, 0.15) is 0 Å². The maximum Gasteiger partial charge on any atom is 0.235 e. The number of thiazole rings is 1. The van der Waals surface area contributed by atoms with E-state index >= 15 is 0 Å². The quantitative estimate of drug-likeness (QED) is 0.857. The summed E-state index contributed by atoms with van der Waals surface area (Å²) in [6, 6.07) is 0. The lowest BCUT2D eigenvalue weighted by molar-refractivity contribution is -0.141. The summed E-state index contributed by atoms with van der Waals surface area (Å²) in [7, 11) is 1.79. The average molecular weight is 283 g/mol. The van der Waals surface area contributed by atoms with Gasteiger partial charge in [-0.25, -0.2) is 4.98 Å². The minimum Gasteiger partial charge on any atom is -0.392 e. The average Bonchev–Trinajstić information content (AvgIpc) is 2.61. The van der Waals surface area contributed by atoms with Crippen LogP contribution in [0.25, 0.3) is 0 Å². The molecule has 0 atom stereocenters. The van der Waals surface area contributed by atoms with E-state index < -0.39 is 5.41 Å². The number of hydrogen-bond acceptors (Lipinski definition) is 4. The van der Waals surface area contributed by atoms with E-state index in [4.69, 9.17) is 18.0 Å². The summed E-state index contributed by atoms with van der Waals surface area (Å²) < 4.78 is 0. The Labute approximate surface area is 116 Å². The molecule has 0 bridgehead atoms. The standard InChI is InChI=1S/C12H17N3OS2/c1-8-14-9(7-18-8)6-15(2)11(16)12(10(13)17)4-3-5-12/h7H,3-6H2,1-2H3,(H2,13,17). The Kier molecular flexibility index (Phi) is 3.68. The monoisotopic (exact) mass is 283 g/mol. The van der Waals surface area contributed by atoms with Crippen LogP contribution in [0.2, 0.25) is 0 Å². The van der Waals surface area contributed by atoms with Crippen LogP contribution in [0.4, 0.5) is 0 Å². The number of nitrogens with two attached hydrogens (primary N) is 1. The van der Waals surface area contributed by atoms with Crippen LogP contribution in [0, 0.1) is 12.3 Å². The second-order valence-corrected chi connectivity index (χ2v) is 6.32.